The molecule has 1 heterocycles. The van der Waals surface area contributed by atoms with Crippen LogP contribution in [0.1, 0.15) is 0 Å². The van der Waals surface area contributed by atoms with Crippen LogP contribution < -0.4 is 5.73 Å². The maximum atomic E-state index is 11.0. The Kier molecular flexibility index (Phi) is 3.27. The van der Waals surface area contributed by atoms with Crippen LogP contribution in [0.25, 0.3) is 0 Å². The molecule has 72 valence electrons. The van der Waals surface area contributed by atoms with Crippen molar-refractivity contribution in [2.24, 2.45) is 5.73 Å². The molecule has 6 nitrogen and oxygen atoms in total. The van der Waals surface area contributed by atoms with Crippen molar-refractivity contribution in [3.05, 3.63) is 0 Å². The van der Waals surface area contributed by atoms with Crippen molar-refractivity contribution < 1.29 is 18.9 Å². The highest BCUT2D eigenvalue weighted by Gasteiger charge is 2.29. The van der Waals surface area contributed by atoms with E-state index >= 15 is 0 Å². The minimum absolute atomic E-state index is 0.0127. The molecule has 2 N–H and O–H groups in total. The lowest BCUT2D eigenvalue weighted by Gasteiger charge is -2.21. The Morgan fingerprint density at radius 3 is 2.23 bits per heavy atom. The highest BCUT2D eigenvalue weighted by atomic mass is 16.6. The third-order valence-electron chi connectivity index (χ3n) is 1.52. The highest BCUT2D eigenvalue weighted by molar-refractivity contribution is 6.49. The summed E-state index contributed by atoms with van der Waals surface area (Å²) in [6.07, 6.45) is -0.0127. The largest absolute Gasteiger partial charge is 0.613 e. The number of likely N-dealkylation sites (N-methyl/N-ethyl adjacent to an activating group) is 1. The van der Waals surface area contributed by atoms with E-state index in [0.29, 0.717) is 0 Å². The quantitative estimate of drug-likeness (QED) is 0.477. The summed E-state index contributed by atoms with van der Waals surface area (Å²) in [5.74, 6) is -0.879. The molecule has 0 aliphatic carbocycles. The first-order valence-corrected chi connectivity index (χ1v) is 3.89. The summed E-state index contributed by atoms with van der Waals surface area (Å²) in [7, 11) is 0.694. The Hall–Kier alpha value is -1.08. The maximum Gasteiger partial charge on any atom is 0.613 e. The van der Waals surface area contributed by atoms with Crippen molar-refractivity contribution in [3.63, 3.8) is 0 Å². The number of hydrogen-bond acceptors (Lipinski definition) is 6. The molecule has 0 spiro atoms. The average molecular weight is 186 g/mol. The molecular weight excluding hydrogens is 175 g/mol. The molecule has 1 aliphatic heterocycles. The summed E-state index contributed by atoms with van der Waals surface area (Å²) in [6, 6.07) is 0. The Morgan fingerprint density at radius 2 is 1.85 bits per heavy atom. The van der Waals surface area contributed by atoms with Crippen LogP contribution in [0.3, 0.4) is 0 Å². The highest BCUT2D eigenvalue weighted by Crippen LogP contribution is 1.98. The summed E-state index contributed by atoms with van der Waals surface area (Å²) in [6.45, 7) is 0.150. The van der Waals surface area contributed by atoms with Gasteiger partial charge >= 0.3 is 19.1 Å². The van der Waals surface area contributed by atoms with Crippen molar-refractivity contribution in [2.45, 2.75) is 0 Å². The molecule has 0 radical (unpaired) electrons. The van der Waals surface area contributed by atoms with Crippen LogP contribution in [0.15, 0.2) is 0 Å². The van der Waals surface area contributed by atoms with Gasteiger partial charge in [-0.2, -0.15) is 0 Å². The summed E-state index contributed by atoms with van der Waals surface area (Å²) in [5, 5.41) is 0. The van der Waals surface area contributed by atoms with E-state index < -0.39 is 19.1 Å². The van der Waals surface area contributed by atoms with Gasteiger partial charge in [0.25, 0.3) is 0 Å². The summed E-state index contributed by atoms with van der Waals surface area (Å²) in [4.78, 5) is 23.5. The van der Waals surface area contributed by atoms with E-state index in [1.54, 1.807) is 7.05 Å². The molecular formula is C6H11BN2O4. The van der Waals surface area contributed by atoms with E-state index in [1.165, 1.54) is 4.90 Å². The predicted octanol–water partition coefficient (Wildman–Crippen LogP) is -2.00. The molecule has 0 aromatic heterocycles. The van der Waals surface area contributed by atoms with Crippen LogP contribution in [0.4, 0.5) is 0 Å². The fourth-order valence-electron chi connectivity index (χ4n) is 0.985. The molecule has 1 rings (SSSR count). The zero-order valence-corrected chi connectivity index (χ0v) is 7.36. The first-order chi connectivity index (χ1) is 6.11. The Labute approximate surface area is 76.1 Å². The van der Waals surface area contributed by atoms with Crippen molar-refractivity contribution in [2.75, 3.05) is 26.6 Å². The fraction of sp³-hybridized carbons (Fsp3) is 0.667. The molecule has 0 aromatic carbocycles. The molecule has 0 unspecified atom stereocenters. The topological polar surface area (TPSA) is 81.9 Å². The smallest absolute Gasteiger partial charge is 0.497 e. The van der Waals surface area contributed by atoms with Crippen molar-refractivity contribution in [1.82, 2.24) is 4.90 Å². The van der Waals surface area contributed by atoms with Gasteiger partial charge in [-0.25, -0.2) is 0 Å². The van der Waals surface area contributed by atoms with Crippen molar-refractivity contribution in [1.29, 1.82) is 0 Å². The second-order valence-electron chi connectivity index (χ2n) is 2.82. The molecule has 0 aromatic rings. The Morgan fingerprint density at radius 1 is 1.38 bits per heavy atom. The first-order valence-electron chi connectivity index (χ1n) is 3.89. The van der Waals surface area contributed by atoms with E-state index in [2.05, 4.69) is 0 Å². The number of carbonyl (C=O) groups is 2. The molecule has 0 amide bonds. The molecule has 0 saturated carbocycles. The lowest BCUT2D eigenvalue weighted by Crippen LogP contribution is -2.45. The zero-order valence-electron chi connectivity index (χ0n) is 7.36. The Bertz CT molecular complexity index is 203. The monoisotopic (exact) mass is 186 g/mol. The molecule has 7 heteroatoms. The van der Waals surface area contributed by atoms with E-state index in [0.717, 1.165) is 0 Å². The third kappa shape index (κ3) is 3.04. The SMILES string of the molecule is CN1CC(=O)OB(CN)OC(=O)C1. The number of nitrogens with zero attached hydrogens (tertiary/aromatic N) is 1. The van der Waals surface area contributed by atoms with Gasteiger partial charge in [-0.15, -0.1) is 0 Å². The van der Waals surface area contributed by atoms with Gasteiger partial charge in [0.1, 0.15) is 0 Å². The zero-order chi connectivity index (χ0) is 9.84. The number of rotatable bonds is 1. The standard InChI is InChI=1S/C6H11BN2O4/c1-9-2-5(10)12-7(4-8)13-6(11)3-9/h2-4,8H2,1H3. The summed E-state index contributed by atoms with van der Waals surface area (Å²) < 4.78 is 9.47. The molecule has 0 atom stereocenters. The van der Waals surface area contributed by atoms with Crippen LogP contribution in [0.2, 0.25) is 0 Å². The number of hydrogen-bond donors (Lipinski definition) is 1. The molecule has 0 bridgehead atoms. The van der Waals surface area contributed by atoms with E-state index in [1.807, 2.05) is 0 Å². The number of carbonyl (C=O) groups excluding carboxylic acids is 2. The van der Waals surface area contributed by atoms with Gasteiger partial charge < -0.3 is 15.0 Å². The minimum Gasteiger partial charge on any atom is -0.497 e. The molecule has 1 fully saturated rings. The first kappa shape index (κ1) is 10.0. The fourth-order valence-corrected chi connectivity index (χ4v) is 0.985. The van der Waals surface area contributed by atoms with Crippen LogP contribution in [-0.4, -0.2) is 50.5 Å². The van der Waals surface area contributed by atoms with Crippen LogP contribution in [0, 0.1) is 0 Å². The van der Waals surface area contributed by atoms with Gasteiger partial charge in [0.05, 0.1) is 19.5 Å². The van der Waals surface area contributed by atoms with Crippen molar-refractivity contribution >= 4 is 19.1 Å². The third-order valence-corrected chi connectivity index (χ3v) is 1.52. The van der Waals surface area contributed by atoms with E-state index in [9.17, 15) is 9.59 Å². The molecule has 1 aliphatic rings. The van der Waals surface area contributed by atoms with E-state index in [4.69, 9.17) is 15.0 Å². The predicted molar refractivity (Wildman–Crippen MR) is 44.5 cm³/mol. The summed E-state index contributed by atoms with van der Waals surface area (Å²) >= 11 is 0. The van der Waals surface area contributed by atoms with Crippen molar-refractivity contribution in [3.8, 4) is 0 Å². The van der Waals surface area contributed by atoms with Crippen LogP contribution in [0.5, 0.6) is 0 Å². The summed E-state index contributed by atoms with van der Waals surface area (Å²) in [5.41, 5.74) is 5.21. The van der Waals surface area contributed by atoms with E-state index in [-0.39, 0.29) is 19.5 Å². The second-order valence-corrected chi connectivity index (χ2v) is 2.82. The normalized spacial score (nSPS) is 20.3. The Balaban J connectivity index is 2.58. The van der Waals surface area contributed by atoms with Gasteiger partial charge in [0.2, 0.25) is 0 Å². The van der Waals surface area contributed by atoms with Crippen LogP contribution >= 0.6 is 0 Å². The molecule has 1 saturated heterocycles. The maximum absolute atomic E-state index is 11.0. The second kappa shape index (κ2) is 4.24. The van der Waals surface area contributed by atoms with Gasteiger partial charge in [0.15, 0.2) is 0 Å². The van der Waals surface area contributed by atoms with Gasteiger partial charge in [-0.1, -0.05) is 0 Å². The van der Waals surface area contributed by atoms with Crippen LogP contribution in [-0.2, 0) is 18.9 Å². The van der Waals surface area contributed by atoms with Gasteiger partial charge in [-0.05, 0) is 7.05 Å². The average Bonchev–Trinajstić information content (AvgIpc) is 1.99. The lowest BCUT2D eigenvalue weighted by molar-refractivity contribution is -0.145. The van der Waals surface area contributed by atoms with Gasteiger partial charge in [0, 0.05) is 0 Å². The number of nitrogens with two attached hydrogens (primary N) is 1. The molecule has 13 heavy (non-hydrogen) atoms. The minimum atomic E-state index is -0.936. The van der Waals surface area contributed by atoms with Gasteiger partial charge in [-0.3, -0.25) is 14.5 Å². The lowest BCUT2D eigenvalue weighted by atomic mass is 9.90.